The zero-order chi connectivity index (χ0) is 33.9. The highest BCUT2D eigenvalue weighted by atomic mass is 35.5. The average molecular weight is 675 g/mol. The van der Waals surface area contributed by atoms with E-state index in [0.29, 0.717) is 68.6 Å². The summed E-state index contributed by atoms with van der Waals surface area (Å²) in [6.07, 6.45) is -3.45. The number of ether oxygens (including phenoxy) is 1. The molecule has 13 heteroatoms. The monoisotopic (exact) mass is 674 g/mol. The van der Waals surface area contributed by atoms with Crippen LogP contribution in [0.25, 0.3) is 0 Å². The van der Waals surface area contributed by atoms with Gasteiger partial charge in [0, 0.05) is 82.4 Å². The standard InChI is InChI=1S/C34H42ClF3N6O3/c1-23-21-43(26-10-6-8-25(20-26)9-7-13-39)18-19-44(23)32(45)30-31(47-33(46)34(36,37)38)27(24(2)40(30)3)22-41-14-16-42(17-15-41)29-12-5-4-11-28(29)35/h4-6,8,10-12,20,23H,7,9,13-19,21-22,39H2,1-3H3/t23-/m0/s1. The lowest BCUT2D eigenvalue weighted by molar-refractivity contribution is -0.189. The molecule has 2 aromatic carbocycles. The van der Waals surface area contributed by atoms with Crippen molar-refractivity contribution in [2.45, 2.75) is 45.5 Å². The fourth-order valence-electron chi connectivity index (χ4n) is 6.44. The summed E-state index contributed by atoms with van der Waals surface area (Å²) >= 11 is 6.40. The lowest BCUT2D eigenvalue weighted by atomic mass is 10.1. The third-order valence-electron chi connectivity index (χ3n) is 9.17. The topological polar surface area (TPSA) is 87.3 Å². The zero-order valence-electron chi connectivity index (χ0n) is 27.0. The lowest BCUT2D eigenvalue weighted by Gasteiger charge is -2.41. The number of benzene rings is 2. The minimum atomic E-state index is -5.22. The van der Waals surface area contributed by atoms with Gasteiger partial charge in [-0.05, 0) is 63.1 Å². The first kappa shape index (κ1) is 34.6. The van der Waals surface area contributed by atoms with Gasteiger partial charge in [-0.15, -0.1) is 0 Å². The number of aryl methyl sites for hydroxylation is 1. The summed E-state index contributed by atoms with van der Waals surface area (Å²) in [6, 6.07) is 15.6. The molecule has 0 saturated carbocycles. The molecule has 0 aliphatic carbocycles. The number of rotatable bonds is 9. The van der Waals surface area contributed by atoms with Crippen LogP contribution in [0.5, 0.6) is 5.75 Å². The van der Waals surface area contributed by atoms with E-state index in [1.165, 1.54) is 5.56 Å². The number of anilines is 2. The van der Waals surface area contributed by atoms with Crippen LogP contribution in [0.15, 0.2) is 48.5 Å². The first-order chi connectivity index (χ1) is 22.4. The Morgan fingerprint density at radius 3 is 2.36 bits per heavy atom. The van der Waals surface area contributed by atoms with E-state index in [-0.39, 0.29) is 24.0 Å². The molecule has 1 aromatic heterocycles. The predicted octanol–water partition coefficient (Wildman–Crippen LogP) is 5.02. The van der Waals surface area contributed by atoms with Crippen LogP contribution in [-0.4, -0.2) is 90.8 Å². The number of alkyl halides is 3. The maximum atomic E-state index is 14.2. The zero-order valence-corrected chi connectivity index (χ0v) is 27.8. The molecule has 0 bridgehead atoms. The first-order valence-electron chi connectivity index (χ1n) is 15.9. The smallest absolute Gasteiger partial charge is 0.417 e. The summed E-state index contributed by atoms with van der Waals surface area (Å²) in [5, 5.41) is 0.649. The van der Waals surface area contributed by atoms with Crippen LogP contribution in [0.1, 0.15) is 40.7 Å². The second-order valence-corrected chi connectivity index (χ2v) is 12.7. The van der Waals surface area contributed by atoms with E-state index < -0.39 is 18.1 Å². The van der Waals surface area contributed by atoms with E-state index >= 15 is 0 Å². The number of nitrogens with two attached hydrogens (primary N) is 1. The van der Waals surface area contributed by atoms with Gasteiger partial charge in [0.2, 0.25) is 0 Å². The summed E-state index contributed by atoms with van der Waals surface area (Å²) in [4.78, 5) is 34.5. The van der Waals surface area contributed by atoms with Crippen molar-refractivity contribution in [2.75, 3.05) is 62.2 Å². The van der Waals surface area contributed by atoms with Crippen molar-refractivity contribution in [3.63, 3.8) is 0 Å². The Balaban J connectivity index is 1.36. The SMILES string of the molecule is Cc1c(CN2CCN(c3ccccc3Cl)CC2)c(OC(=O)C(F)(F)F)c(C(=O)N2CCN(c3cccc(CCCN)c3)C[C@@H]2C)n1C. The molecule has 0 radical (unpaired) electrons. The lowest BCUT2D eigenvalue weighted by Crippen LogP contribution is -2.54. The van der Waals surface area contributed by atoms with Gasteiger partial charge in [0.05, 0.1) is 10.7 Å². The minimum absolute atomic E-state index is 0.0612. The molecule has 2 saturated heterocycles. The molecule has 3 heterocycles. The predicted molar refractivity (Wildman–Crippen MR) is 177 cm³/mol. The first-order valence-corrected chi connectivity index (χ1v) is 16.3. The van der Waals surface area contributed by atoms with Crippen molar-refractivity contribution < 1.29 is 27.5 Å². The van der Waals surface area contributed by atoms with E-state index in [4.69, 9.17) is 22.1 Å². The molecular formula is C34H42ClF3N6O3. The maximum absolute atomic E-state index is 14.2. The van der Waals surface area contributed by atoms with Crippen LogP contribution in [-0.2, 0) is 24.8 Å². The molecule has 1 amide bonds. The Morgan fingerprint density at radius 1 is 1.00 bits per heavy atom. The van der Waals surface area contributed by atoms with Gasteiger partial charge >= 0.3 is 12.1 Å². The Bertz CT molecular complexity index is 1590. The highest BCUT2D eigenvalue weighted by Crippen LogP contribution is 2.36. The van der Waals surface area contributed by atoms with E-state index in [1.54, 1.807) is 23.4 Å². The molecule has 0 spiro atoms. The Kier molecular flexibility index (Phi) is 10.7. The van der Waals surface area contributed by atoms with Crippen LogP contribution in [0.4, 0.5) is 24.5 Å². The number of carbonyl (C=O) groups is 2. The molecule has 47 heavy (non-hydrogen) atoms. The molecule has 254 valence electrons. The second kappa shape index (κ2) is 14.6. The Morgan fingerprint density at radius 2 is 1.70 bits per heavy atom. The molecule has 3 aromatic rings. The molecule has 2 aliphatic rings. The van der Waals surface area contributed by atoms with Crippen molar-refractivity contribution in [3.8, 4) is 5.75 Å². The quantitative estimate of drug-likeness (QED) is 0.319. The van der Waals surface area contributed by atoms with E-state index in [1.807, 2.05) is 43.3 Å². The van der Waals surface area contributed by atoms with Gasteiger partial charge in [-0.1, -0.05) is 35.9 Å². The number of aromatic nitrogens is 1. The number of piperazine rings is 2. The van der Waals surface area contributed by atoms with Crippen LogP contribution >= 0.6 is 11.6 Å². The summed E-state index contributed by atoms with van der Waals surface area (Å²) in [7, 11) is 1.63. The minimum Gasteiger partial charge on any atom is -0.417 e. The maximum Gasteiger partial charge on any atom is 0.491 e. The fourth-order valence-corrected chi connectivity index (χ4v) is 6.70. The molecule has 1 atom stereocenters. The molecule has 2 aliphatic heterocycles. The van der Waals surface area contributed by atoms with E-state index in [0.717, 1.165) is 24.2 Å². The molecule has 9 nitrogen and oxygen atoms in total. The molecular weight excluding hydrogens is 633 g/mol. The van der Waals surface area contributed by atoms with Gasteiger partial charge in [0.15, 0.2) is 11.4 Å². The van der Waals surface area contributed by atoms with Gasteiger partial charge < -0.3 is 29.7 Å². The van der Waals surface area contributed by atoms with Gasteiger partial charge in [0.25, 0.3) is 5.91 Å². The number of para-hydroxylation sites is 1. The van der Waals surface area contributed by atoms with Gasteiger partial charge in [-0.2, -0.15) is 13.2 Å². The van der Waals surface area contributed by atoms with Crippen molar-refractivity contribution in [1.82, 2.24) is 14.4 Å². The number of nitrogens with zero attached hydrogens (tertiary/aromatic N) is 5. The molecule has 0 unspecified atom stereocenters. The highest BCUT2D eigenvalue weighted by Gasteiger charge is 2.44. The summed E-state index contributed by atoms with van der Waals surface area (Å²) < 4.78 is 47.1. The summed E-state index contributed by atoms with van der Waals surface area (Å²) in [5.74, 6) is -3.15. The van der Waals surface area contributed by atoms with Gasteiger partial charge in [0.1, 0.15) is 0 Å². The molecule has 2 fully saturated rings. The normalized spacial score (nSPS) is 17.7. The van der Waals surface area contributed by atoms with Crippen LogP contribution in [0, 0.1) is 6.92 Å². The molecule has 5 rings (SSSR count). The van der Waals surface area contributed by atoms with Crippen LogP contribution < -0.4 is 20.3 Å². The Hall–Kier alpha value is -3.74. The largest absolute Gasteiger partial charge is 0.491 e. The Labute approximate surface area is 278 Å². The van der Waals surface area contributed by atoms with E-state index in [2.05, 4.69) is 26.8 Å². The number of amides is 1. The van der Waals surface area contributed by atoms with Crippen molar-refractivity contribution in [1.29, 1.82) is 0 Å². The fraction of sp³-hybridized carbons (Fsp3) is 0.471. The highest BCUT2D eigenvalue weighted by molar-refractivity contribution is 6.33. The third kappa shape index (κ3) is 7.71. The van der Waals surface area contributed by atoms with Crippen molar-refractivity contribution in [3.05, 3.63) is 76.1 Å². The van der Waals surface area contributed by atoms with Gasteiger partial charge in [-0.3, -0.25) is 9.69 Å². The average Bonchev–Trinajstić information content (AvgIpc) is 3.27. The second-order valence-electron chi connectivity index (χ2n) is 12.3. The third-order valence-corrected chi connectivity index (χ3v) is 9.49. The summed E-state index contributed by atoms with van der Waals surface area (Å²) in [5.41, 5.74) is 9.73. The van der Waals surface area contributed by atoms with Crippen molar-refractivity contribution >= 4 is 34.9 Å². The van der Waals surface area contributed by atoms with Crippen molar-refractivity contribution in [2.24, 2.45) is 12.8 Å². The summed E-state index contributed by atoms with van der Waals surface area (Å²) in [6.45, 7) is 8.40. The number of halogens is 4. The number of hydrogen-bond donors (Lipinski definition) is 1. The van der Waals surface area contributed by atoms with E-state index in [9.17, 15) is 22.8 Å². The number of carbonyl (C=O) groups excluding carboxylic acids is 2. The van der Waals surface area contributed by atoms with Gasteiger partial charge in [-0.25, -0.2) is 4.79 Å². The van der Waals surface area contributed by atoms with Crippen LogP contribution in [0.3, 0.4) is 0 Å². The number of hydrogen-bond acceptors (Lipinski definition) is 7. The number of esters is 1. The molecule has 2 N–H and O–H groups in total. The van der Waals surface area contributed by atoms with Crippen LogP contribution in [0.2, 0.25) is 5.02 Å².